The molecule has 0 bridgehead atoms. The number of nitrogens with one attached hydrogen (secondary N) is 2. The van der Waals surface area contributed by atoms with Gasteiger partial charge in [0.05, 0.1) is 27.4 Å². The van der Waals surface area contributed by atoms with Crippen LogP contribution in [-0.2, 0) is 0 Å². The smallest absolute Gasteiger partial charge is 0.353 e. The molecule has 0 saturated heterocycles. The summed E-state index contributed by atoms with van der Waals surface area (Å²) >= 11 is 1.39. The van der Waals surface area contributed by atoms with Gasteiger partial charge in [-0.25, -0.2) is 15.0 Å². The summed E-state index contributed by atoms with van der Waals surface area (Å²) in [6.45, 7) is 2.33. The number of ether oxygens (including phenoxy) is 1. The molecule has 0 fully saturated rings. The lowest BCUT2D eigenvalue weighted by atomic mass is 10.3. The Bertz CT molecular complexity index is 1150. The lowest BCUT2D eigenvalue weighted by molar-refractivity contribution is -0.383. The summed E-state index contributed by atoms with van der Waals surface area (Å²) in [5, 5.41) is 18.2. The fourth-order valence-electron chi connectivity index (χ4n) is 2.74. The van der Waals surface area contributed by atoms with Crippen LogP contribution in [0.25, 0.3) is 10.2 Å². The lowest BCUT2D eigenvalue weighted by Gasteiger charge is -2.12. The van der Waals surface area contributed by atoms with E-state index < -0.39 is 4.92 Å². The maximum Gasteiger partial charge on any atom is 0.353 e. The van der Waals surface area contributed by atoms with E-state index in [0.717, 1.165) is 10.2 Å². The number of thiazole rings is 1. The fourth-order valence-corrected chi connectivity index (χ4v) is 3.61. The molecule has 0 aliphatic carbocycles. The van der Waals surface area contributed by atoms with Crippen molar-refractivity contribution in [1.29, 1.82) is 0 Å². The molecular formula is C19H16N6O3S. The second-order valence-corrected chi connectivity index (χ2v) is 6.87. The molecule has 4 aromatic rings. The molecular weight excluding hydrogens is 392 g/mol. The Morgan fingerprint density at radius 1 is 1.07 bits per heavy atom. The number of fused-ring (bicyclic) bond motifs is 1. The zero-order valence-electron chi connectivity index (χ0n) is 15.3. The Hall–Kier alpha value is -3.79. The monoisotopic (exact) mass is 408 g/mol. The molecule has 0 unspecified atom stereocenters. The minimum absolute atomic E-state index is 0.0560. The molecule has 0 saturated carbocycles. The summed E-state index contributed by atoms with van der Waals surface area (Å²) < 4.78 is 6.54. The van der Waals surface area contributed by atoms with Gasteiger partial charge in [0, 0.05) is 0 Å². The van der Waals surface area contributed by atoms with Gasteiger partial charge in [-0.3, -0.25) is 10.1 Å². The molecule has 4 rings (SSSR count). The number of benzene rings is 2. The van der Waals surface area contributed by atoms with Crippen molar-refractivity contribution in [2.24, 2.45) is 0 Å². The topological polar surface area (TPSA) is 115 Å². The number of hydrogen-bond acceptors (Lipinski definition) is 9. The van der Waals surface area contributed by atoms with Crippen molar-refractivity contribution in [2.75, 3.05) is 17.2 Å². The van der Waals surface area contributed by atoms with Crippen LogP contribution in [0.1, 0.15) is 6.92 Å². The molecule has 0 atom stereocenters. The molecule has 2 aromatic carbocycles. The van der Waals surface area contributed by atoms with E-state index in [0.29, 0.717) is 23.2 Å². The molecule has 2 N–H and O–H groups in total. The average Bonchev–Trinajstić information content (AvgIpc) is 3.12. The molecule has 9 nitrogen and oxygen atoms in total. The SMILES string of the molecule is CCOc1ccccc1Nc1ncnc(Nc2nc3ccccc3s2)c1[N+](=O)[O-]. The number of aromatic nitrogens is 3. The van der Waals surface area contributed by atoms with E-state index in [4.69, 9.17) is 4.74 Å². The fraction of sp³-hybridized carbons (Fsp3) is 0.105. The third-order valence-corrected chi connectivity index (χ3v) is 4.92. The van der Waals surface area contributed by atoms with Gasteiger partial charge in [-0.05, 0) is 31.2 Å². The summed E-state index contributed by atoms with van der Waals surface area (Å²) in [5.41, 5.74) is 1.10. The van der Waals surface area contributed by atoms with E-state index >= 15 is 0 Å². The van der Waals surface area contributed by atoms with E-state index in [-0.39, 0.29) is 17.3 Å². The van der Waals surface area contributed by atoms with E-state index in [1.165, 1.54) is 17.7 Å². The van der Waals surface area contributed by atoms with Crippen molar-refractivity contribution >= 4 is 49.7 Å². The van der Waals surface area contributed by atoms with Gasteiger partial charge < -0.3 is 15.4 Å². The van der Waals surface area contributed by atoms with Gasteiger partial charge in [0.2, 0.25) is 11.6 Å². The first-order chi connectivity index (χ1) is 14.2. The summed E-state index contributed by atoms with van der Waals surface area (Å²) in [5.74, 6) is 0.685. The summed E-state index contributed by atoms with van der Waals surface area (Å²) in [7, 11) is 0. The maximum atomic E-state index is 11.8. The van der Waals surface area contributed by atoms with Gasteiger partial charge >= 0.3 is 5.69 Å². The minimum atomic E-state index is -0.527. The molecule has 29 heavy (non-hydrogen) atoms. The molecule has 0 amide bonds. The van der Waals surface area contributed by atoms with Gasteiger partial charge in [0.1, 0.15) is 12.1 Å². The Balaban J connectivity index is 1.70. The minimum Gasteiger partial charge on any atom is -0.492 e. The number of nitro groups is 1. The molecule has 146 valence electrons. The van der Waals surface area contributed by atoms with Crippen molar-refractivity contribution in [1.82, 2.24) is 15.0 Å². The van der Waals surface area contributed by atoms with Crippen LogP contribution in [0.15, 0.2) is 54.9 Å². The molecule has 10 heteroatoms. The van der Waals surface area contributed by atoms with Crippen LogP contribution in [0.4, 0.5) is 28.1 Å². The molecule has 2 heterocycles. The summed E-state index contributed by atoms with van der Waals surface area (Å²) in [4.78, 5) is 23.8. The van der Waals surface area contributed by atoms with Crippen molar-refractivity contribution < 1.29 is 9.66 Å². The Labute approximate surface area is 169 Å². The van der Waals surface area contributed by atoms with Crippen LogP contribution in [0.2, 0.25) is 0 Å². The quantitative estimate of drug-likeness (QED) is 0.328. The van der Waals surface area contributed by atoms with E-state index in [1.54, 1.807) is 18.2 Å². The highest BCUT2D eigenvalue weighted by Gasteiger charge is 2.24. The van der Waals surface area contributed by atoms with E-state index in [2.05, 4.69) is 25.6 Å². The predicted octanol–water partition coefficient (Wildman–Crippen LogP) is 4.88. The largest absolute Gasteiger partial charge is 0.492 e. The van der Waals surface area contributed by atoms with E-state index in [1.807, 2.05) is 37.3 Å². The zero-order valence-corrected chi connectivity index (χ0v) is 16.1. The van der Waals surface area contributed by atoms with Crippen LogP contribution < -0.4 is 15.4 Å². The van der Waals surface area contributed by atoms with Gasteiger partial charge in [-0.1, -0.05) is 35.6 Å². The number of anilines is 4. The van der Waals surface area contributed by atoms with Crippen LogP contribution in [0, 0.1) is 10.1 Å². The van der Waals surface area contributed by atoms with Crippen LogP contribution in [0.5, 0.6) is 5.75 Å². The molecule has 0 radical (unpaired) electrons. The summed E-state index contributed by atoms with van der Waals surface area (Å²) in [6.07, 6.45) is 1.26. The molecule has 2 aromatic heterocycles. The number of para-hydroxylation sites is 3. The highest BCUT2D eigenvalue weighted by atomic mass is 32.1. The maximum absolute atomic E-state index is 11.8. The first kappa shape index (κ1) is 18.6. The lowest BCUT2D eigenvalue weighted by Crippen LogP contribution is -2.06. The highest BCUT2D eigenvalue weighted by molar-refractivity contribution is 7.22. The standard InChI is InChI=1S/C19H16N6O3S/c1-2-28-14-9-5-3-7-12(14)22-17-16(25(26)27)18(21-11-20-17)24-19-23-13-8-4-6-10-15(13)29-19/h3-11H,2H2,1H3,(H2,20,21,22,23,24). The number of rotatable bonds is 7. The molecule has 0 aliphatic heterocycles. The average molecular weight is 408 g/mol. The Morgan fingerprint density at radius 2 is 1.79 bits per heavy atom. The Morgan fingerprint density at radius 3 is 2.55 bits per heavy atom. The van der Waals surface area contributed by atoms with E-state index in [9.17, 15) is 10.1 Å². The second kappa shape index (κ2) is 8.07. The van der Waals surface area contributed by atoms with Crippen molar-refractivity contribution in [2.45, 2.75) is 6.92 Å². The normalized spacial score (nSPS) is 10.7. The zero-order chi connectivity index (χ0) is 20.2. The van der Waals surface area contributed by atoms with Crippen LogP contribution in [0.3, 0.4) is 0 Å². The van der Waals surface area contributed by atoms with Crippen molar-refractivity contribution in [3.05, 3.63) is 65.0 Å². The third-order valence-electron chi connectivity index (χ3n) is 3.96. The molecule has 0 aliphatic rings. The van der Waals surface area contributed by atoms with Gasteiger partial charge in [0.15, 0.2) is 5.13 Å². The van der Waals surface area contributed by atoms with Crippen LogP contribution in [-0.4, -0.2) is 26.5 Å². The van der Waals surface area contributed by atoms with Gasteiger partial charge in [-0.2, -0.15) is 0 Å². The van der Waals surface area contributed by atoms with Crippen molar-refractivity contribution in [3.63, 3.8) is 0 Å². The Kier molecular flexibility index (Phi) is 5.16. The number of nitrogens with zero attached hydrogens (tertiary/aromatic N) is 4. The molecule has 0 spiro atoms. The summed E-state index contributed by atoms with van der Waals surface area (Å²) in [6, 6.07) is 14.8. The number of hydrogen-bond donors (Lipinski definition) is 2. The third kappa shape index (κ3) is 3.92. The van der Waals surface area contributed by atoms with Crippen LogP contribution >= 0.6 is 11.3 Å². The highest BCUT2D eigenvalue weighted by Crippen LogP contribution is 2.36. The first-order valence-corrected chi connectivity index (χ1v) is 9.58. The van der Waals surface area contributed by atoms with Crippen molar-refractivity contribution in [3.8, 4) is 5.75 Å². The van der Waals surface area contributed by atoms with Gasteiger partial charge in [-0.15, -0.1) is 0 Å². The second-order valence-electron chi connectivity index (χ2n) is 5.84. The first-order valence-electron chi connectivity index (χ1n) is 8.76. The van der Waals surface area contributed by atoms with Gasteiger partial charge in [0.25, 0.3) is 0 Å². The predicted molar refractivity (Wildman–Crippen MR) is 112 cm³/mol.